The number of nitrogens with zero attached hydrogens (tertiary/aromatic N) is 3. The molecular formula is C13H18N4O2. The summed E-state index contributed by atoms with van der Waals surface area (Å²) in [5, 5.41) is 26.0. The lowest BCUT2D eigenvalue weighted by Gasteiger charge is -2.28. The quantitative estimate of drug-likeness (QED) is 0.864. The van der Waals surface area contributed by atoms with E-state index in [2.05, 4.69) is 16.5 Å². The molecule has 0 radical (unpaired) electrons. The molecule has 19 heavy (non-hydrogen) atoms. The van der Waals surface area contributed by atoms with Crippen molar-refractivity contribution in [1.29, 1.82) is 5.26 Å². The first-order valence-electron chi connectivity index (χ1n) is 6.33. The summed E-state index contributed by atoms with van der Waals surface area (Å²) >= 11 is 0. The number of nitrogens with one attached hydrogen (secondary N) is 1. The van der Waals surface area contributed by atoms with Crippen molar-refractivity contribution >= 4 is 11.8 Å². The van der Waals surface area contributed by atoms with Crippen LogP contribution in [0.1, 0.15) is 37.4 Å². The fraction of sp³-hybridized carbons (Fsp3) is 0.615. The molecule has 6 nitrogen and oxygen atoms in total. The second-order valence-electron chi connectivity index (χ2n) is 5.36. The van der Waals surface area contributed by atoms with Gasteiger partial charge >= 0.3 is 5.97 Å². The van der Waals surface area contributed by atoms with Crippen LogP contribution >= 0.6 is 0 Å². The van der Waals surface area contributed by atoms with Crippen LogP contribution in [0.25, 0.3) is 0 Å². The second kappa shape index (κ2) is 4.57. The molecule has 0 aromatic carbocycles. The monoisotopic (exact) mass is 262 g/mol. The van der Waals surface area contributed by atoms with Gasteiger partial charge in [0.25, 0.3) is 0 Å². The van der Waals surface area contributed by atoms with Gasteiger partial charge in [0.2, 0.25) is 0 Å². The third kappa shape index (κ3) is 2.05. The van der Waals surface area contributed by atoms with Crippen molar-refractivity contribution < 1.29 is 9.90 Å². The van der Waals surface area contributed by atoms with Gasteiger partial charge in [-0.15, -0.1) is 0 Å². The van der Waals surface area contributed by atoms with Gasteiger partial charge < -0.3 is 10.4 Å². The molecule has 2 unspecified atom stereocenters. The standard InChI is InChI=1S/C13H18N4O2/c1-8-9(7-14)11(17(3)16-8)15-10-5-4-6-13(10,2)12(18)19/h10,15H,4-6H2,1-3H3,(H,18,19). The second-order valence-corrected chi connectivity index (χ2v) is 5.36. The summed E-state index contributed by atoms with van der Waals surface area (Å²) in [6.45, 7) is 3.53. The van der Waals surface area contributed by atoms with Crippen LogP contribution in [0, 0.1) is 23.7 Å². The van der Waals surface area contributed by atoms with Crippen molar-refractivity contribution in [1.82, 2.24) is 9.78 Å². The molecule has 0 spiro atoms. The molecule has 1 aromatic heterocycles. The SMILES string of the molecule is Cc1nn(C)c(NC2CCCC2(C)C(=O)O)c1C#N. The first-order chi connectivity index (χ1) is 8.90. The number of hydrogen-bond donors (Lipinski definition) is 2. The number of aromatic nitrogens is 2. The summed E-state index contributed by atoms with van der Waals surface area (Å²) in [7, 11) is 1.75. The average Bonchev–Trinajstić information content (AvgIpc) is 2.83. The lowest BCUT2D eigenvalue weighted by molar-refractivity contribution is -0.147. The summed E-state index contributed by atoms with van der Waals surface area (Å²) in [4.78, 5) is 11.4. The van der Waals surface area contributed by atoms with Gasteiger partial charge in [-0.1, -0.05) is 6.42 Å². The highest BCUT2D eigenvalue weighted by atomic mass is 16.4. The molecule has 1 aliphatic carbocycles. The van der Waals surface area contributed by atoms with Gasteiger partial charge in [-0.05, 0) is 26.7 Å². The molecule has 102 valence electrons. The number of carboxylic acid groups (broad SMARTS) is 1. The number of nitriles is 1. The molecule has 1 aliphatic rings. The third-order valence-electron chi connectivity index (χ3n) is 4.09. The Labute approximate surface area is 112 Å². The molecule has 0 saturated heterocycles. The zero-order valence-corrected chi connectivity index (χ0v) is 11.4. The van der Waals surface area contributed by atoms with Crippen LogP contribution in [0.15, 0.2) is 0 Å². The number of hydrogen-bond acceptors (Lipinski definition) is 4. The highest BCUT2D eigenvalue weighted by Crippen LogP contribution is 2.40. The highest BCUT2D eigenvalue weighted by molar-refractivity contribution is 5.76. The molecule has 1 saturated carbocycles. The first-order valence-corrected chi connectivity index (χ1v) is 6.33. The van der Waals surface area contributed by atoms with Gasteiger partial charge in [0.05, 0.1) is 11.1 Å². The molecule has 1 heterocycles. The van der Waals surface area contributed by atoms with Gasteiger partial charge in [0, 0.05) is 13.1 Å². The lowest BCUT2D eigenvalue weighted by Crippen LogP contribution is -2.40. The Morgan fingerprint density at radius 2 is 2.37 bits per heavy atom. The van der Waals surface area contributed by atoms with Crippen molar-refractivity contribution in [3.8, 4) is 6.07 Å². The minimum absolute atomic E-state index is 0.174. The van der Waals surface area contributed by atoms with Crippen LogP contribution in [0.2, 0.25) is 0 Å². The Balaban J connectivity index is 2.32. The van der Waals surface area contributed by atoms with E-state index in [1.807, 2.05) is 0 Å². The predicted molar refractivity (Wildman–Crippen MR) is 69.7 cm³/mol. The fourth-order valence-electron chi connectivity index (χ4n) is 2.78. The van der Waals surface area contributed by atoms with Crippen LogP contribution in [-0.2, 0) is 11.8 Å². The molecule has 0 bridgehead atoms. The van der Waals surface area contributed by atoms with E-state index >= 15 is 0 Å². The first kappa shape index (κ1) is 13.4. The van der Waals surface area contributed by atoms with E-state index in [0.717, 1.165) is 12.8 Å². The number of anilines is 1. The molecule has 1 fully saturated rings. The predicted octanol–water partition coefficient (Wildman–Crippen LogP) is 1.66. The van der Waals surface area contributed by atoms with E-state index in [1.165, 1.54) is 0 Å². The molecule has 2 rings (SSSR count). The Morgan fingerprint density at radius 3 is 2.95 bits per heavy atom. The molecule has 6 heteroatoms. The topological polar surface area (TPSA) is 90.9 Å². The maximum atomic E-state index is 11.4. The lowest BCUT2D eigenvalue weighted by atomic mass is 9.85. The van der Waals surface area contributed by atoms with Crippen LogP contribution < -0.4 is 5.32 Å². The van der Waals surface area contributed by atoms with E-state index in [1.54, 1.807) is 25.6 Å². The minimum atomic E-state index is -0.792. The van der Waals surface area contributed by atoms with Crippen molar-refractivity contribution in [2.75, 3.05) is 5.32 Å². The molecule has 1 aromatic rings. The van der Waals surface area contributed by atoms with Gasteiger partial charge in [-0.3, -0.25) is 9.48 Å². The van der Waals surface area contributed by atoms with Crippen molar-refractivity contribution in [3.05, 3.63) is 11.3 Å². The van der Waals surface area contributed by atoms with E-state index in [4.69, 9.17) is 5.26 Å². The summed E-state index contributed by atoms with van der Waals surface area (Å²) in [6.07, 6.45) is 2.32. The highest BCUT2D eigenvalue weighted by Gasteiger charge is 2.45. The van der Waals surface area contributed by atoms with Crippen LogP contribution in [0.5, 0.6) is 0 Å². The summed E-state index contributed by atoms with van der Waals surface area (Å²) < 4.78 is 1.61. The van der Waals surface area contributed by atoms with E-state index in [9.17, 15) is 9.90 Å². The normalized spacial score (nSPS) is 26.1. The Kier molecular flexibility index (Phi) is 3.23. The molecule has 0 aliphatic heterocycles. The molecular weight excluding hydrogens is 244 g/mol. The van der Waals surface area contributed by atoms with Gasteiger partial charge in [0.15, 0.2) is 0 Å². The van der Waals surface area contributed by atoms with Crippen molar-refractivity contribution in [2.45, 2.75) is 39.2 Å². The van der Waals surface area contributed by atoms with Crippen LogP contribution in [-0.4, -0.2) is 26.9 Å². The fourth-order valence-corrected chi connectivity index (χ4v) is 2.78. The largest absolute Gasteiger partial charge is 0.481 e. The number of aryl methyl sites for hydroxylation is 2. The summed E-state index contributed by atoms with van der Waals surface area (Å²) in [5.74, 6) is -0.181. The third-order valence-corrected chi connectivity index (χ3v) is 4.09. The number of carboxylic acids is 1. The minimum Gasteiger partial charge on any atom is -0.481 e. The molecule has 0 amide bonds. The van der Waals surface area contributed by atoms with E-state index < -0.39 is 11.4 Å². The van der Waals surface area contributed by atoms with Crippen molar-refractivity contribution in [2.24, 2.45) is 12.5 Å². The van der Waals surface area contributed by atoms with Crippen LogP contribution in [0.3, 0.4) is 0 Å². The molecule has 2 atom stereocenters. The smallest absolute Gasteiger partial charge is 0.311 e. The molecule has 2 N–H and O–H groups in total. The zero-order chi connectivity index (χ0) is 14.2. The zero-order valence-electron chi connectivity index (χ0n) is 11.4. The van der Waals surface area contributed by atoms with E-state index in [0.29, 0.717) is 23.5 Å². The summed E-state index contributed by atoms with van der Waals surface area (Å²) in [5.41, 5.74) is 0.356. The Bertz CT molecular complexity index is 558. The number of aliphatic carboxylic acids is 1. The Hall–Kier alpha value is -2.03. The number of carbonyl (C=O) groups is 1. The van der Waals surface area contributed by atoms with Gasteiger partial charge in [-0.25, -0.2) is 0 Å². The Morgan fingerprint density at radius 1 is 1.68 bits per heavy atom. The van der Waals surface area contributed by atoms with Crippen LogP contribution in [0.4, 0.5) is 5.82 Å². The maximum absolute atomic E-state index is 11.4. The van der Waals surface area contributed by atoms with Gasteiger partial charge in [-0.2, -0.15) is 10.4 Å². The van der Waals surface area contributed by atoms with E-state index in [-0.39, 0.29) is 6.04 Å². The number of rotatable bonds is 3. The maximum Gasteiger partial charge on any atom is 0.311 e. The average molecular weight is 262 g/mol. The van der Waals surface area contributed by atoms with Crippen molar-refractivity contribution in [3.63, 3.8) is 0 Å². The van der Waals surface area contributed by atoms with Gasteiger partial charge in [0.1, 0.15) is 17.5 Å². The summed E-state index contributed by atoms with van der Waals surface area (Å²) in [6, 6.07) is 1.95.